The highest BCUT2D eigenvalue weighted by Gasteiger charge is 2.15. The molecule has 4 rings (SSSR count). The molecule has 4 aromatic rings. The van der Waals surface area contributed by atoms with Crippen LogP contribution < -0.4 is 5.56 Å². The summed E-state index contributed by atoms with van der Waals surface area (Å²) in [6.07, 6.45) is 0. The van der Waals surface area contributed by atoms with Crippen molar-refractivity contribution in [3.05, 3.63) is 94.5 Å². The minimum atomic E-state index is -0.460. The van der Waals surface area contributed by atoms with E-state index in [0.717, 1.165) is 0 Å². The maximum absolute atomic E-state index is 13.3. The molecule has 0 aliphatic rings. The molecule has 5 nitrogen and oxygen atoms in total. The van der Waals surface area contributed by atoms with Crippen LogP contribution >= 0.6 is 0 Å². The van der Waals surface area contributed by atoms with E-state index in [1.165, 1.54) is 36.1 Å². The van der Waals surface area contributed by atoms with E-state index < -0.39 is 11.8 Å². The van der Waals surface area contributed by atoms with Crippen molar-refractivity contribution in [3.63, 3.8) is 0 Å². The molecule has 0 amide bonds. The van der Waals surface area contributed by atoms with Crippen molar-refractivity contribution in [3.8, 4) is 16.9 Å². The molecule has 0 unspecified atom stereocenters. The average molecular weight is 374 g/mol. The number of esters is 1. The number of carbonyl (C=O) groups excluding carboxylic acids is 1. The van der Waals surface area contributed by atoms with Gasteiger partial charge >= 0.3 is 5.97 Å². The molecule has 0 saturated heterocycles. The summed E-state index contributed by atoms with van der Waals surface area (Å²) < 4.78 is 19.3. The van der Waals surface area contributed by atoms with Crippen LogP contribution in [-0.4, -0.2) is 22.9 Å². The number of fused-ring (bicyclic) bond motifs is 1. The molecule has 1 aromatic heterocycles. The summed E-state index contributed by atoms with van der Waals surface area (Å²) in [6.45, 7) is 0. The van der Waals surface area contributed by atoms with E-state index in [1.54, 1.807) is 42.5 Å². The van der Waals surface area contributed by atoms with Crippen molar-refractivity contribution in [1.82, 2.24) is 9.78 Å². The van der Waals surface area contributed by atoms with Crippen molar-refractivity contribution in [2.24, 2.45) is 0 Å². The number of carbonyl (C=O) groups is 1. The van der Waals surface area contributed by atoms with E-state index in [2.05, 4.69) is 5.10 Å². The number of nitrogens with zero attached hydrogens (tertiary/aromatic N) is 2. The number of halogens is 1. The van der Waals surface area contributed by atoms with Gasteiger partial charge in [0.1, 0.15) is 5.82 Å². The Bertz CT molecular complexity index is 1250. The lowest BCUT2D eigenvalue weighted by atomic mass is 10.0. The number of ether oxygens (including phenoxy) is 1. The summed E-state index contributed by atoms with van der Waals surface area (Å²) in [5, 5.41) is 5.66. The van der Waals surface area contributed by atoms with Gasteiger partial charge in [-0.2, -0.15) is 9.78 Å². The zero-order chi connectivity index (χ0) is 19.7. The maximum atomic E-state index is 13.3. The van der Waals surface area contributed by atoms with E-state index in [9.17, 15) is 14.0 Å². The summed E-state index contributed by atoms with van der Waals surface area (Å²) in [5.41, 5.74) is 1.71. The fourth-order valence-electron chi connectivity index (χ4n) is 3.07. The smallest absolute Gasteiger partial charge is 0.337 e. The molecule has 3 aromatic carbocycles. The molecule has 28 heavy (non-hydrogen) atoms. The van der Waals surface area contributed by atoms with Crippen LogP contribution in [0.5, 0.6) is 0 Å². The SMILES string of the molecule is COC(=O)c1cccc(-c2nn(-c3ccc(F)cc3)c(=O)c3ccccc23)c1. The molecule has 0 N–H and O–H groups in total. The van der Waals surface area contributed by atoms with Crippen LogP contribution in [0.2, 0.25) is 0 Å². The first kappa shape index (κ1) is 17.6. The van der Waals surface area contributed by atoms with E-state index in [4.69, 9.17) is 4.74 Å². The predicted octanol–water partition coefficient (Wildman–Crippen LogP) is 3.98. The highest BCUT2D eigenvalue weighted by Crippen LogP contribution is 2.26. The third kappa shape index (κ3) is 3.05. The molecule has 1 heterocycles. The molecule has 0 aliphatic heterocycles. The monoisotopic (exact) mass is 374 g/mol. The Kier molecular flexibility index (Phi) is 4.45. The Labute approximate surface area is 159 Å². The standard InChI is InChI=1S/C22H15FN2O3/c1-28-22(27)15-6-4-5-14(13-15)20-18-7-2-3-8-19(18)21(26)25(24-20)17-11-9-16(23)10-12-17/h2-13H,1H3. The molecule has 6 heteroatoms. The van der Waals surface area contributed by atoms with Crippen LogP contribution in [-0.2, 0) is 4.74 Å². The molecule has 0 bridgehead atoms. The Morgan fingerprint density at radius 2 is 1.68 bits per heavy atom. The van der Waals surface area contributed by atoms with Gasteiger partial charge in [-0.25, -0.2) is 9.18 Å². The second kappa shape index (κ2) is 7.08. The van der Waals surface area contributed by atoms with Gasteiger partial charge in [-0.3, -0.25) is 4.79 Å². The normalized spacial score (nSPS) is 10.8. The third-order valence-electron chi connectivity index (χ3n) is 4.43. The zero-order valence-corrected chi connectivity index (χ0v) is 14.9. The molecular weight excluding hydrogens is 359 g/mol. The summed E-state index contributed by atoms with van der Waals surface area (Å²) in [7, 11) is 1.32. The number of rotatable bonds is 3. The molecule has 0 spiro atoms. The van der Waals surface area contributed by atoms with Crippen molar-refractivity contribution in [2.75, 3.05) is 7.11 Å². The van der Waals surface area contributed by atoms with Crippen LogP contribution in [0.3, 0.4) is 0 Å². The average Bonchev–Trinajstić information content (AvgIpc) is 2.74. The van der Waals surface area contributed by atoms with Gasteiger partial charge in [0.25, 0.3) is 5.56 Å². The number of hydrogen-bond acceptors (Lipinski definition) is 4. The van der Waals surface area contributed by atoms with Crippen LogP contribution in [0.15, 0.2) is 77.6 Å². The van der Waals surface area contributed by atoms with Crippen LogP contribution in [0.4, 0.5) is 4.39 Å². The Hall–Kier alpha value is -3.80. The zero-order valence-electron chi connectivity index (χ0n) is 14.9. The molecule has 0 atom stereocenters. The number of methoxy groups -OCH3 is 1. The van der Waals surface area contributed by atoms with E-state index in [-0.39, 0.29) is 5.56 Å². The van der Waals surface area contributed by atoms with Crippen molar-refractivity contribution < 1.29 is 13.9 Å². The third-order valence-corrected chi connectivity index (χ3v) is 4.43. The van der Waals surface area contributed by atoms with Crippen molar-refractivity contribution >= 4 is 16.7 Å². The van der Waals surface area contributed by atoms with Gasteiger partial charge < -0.3 is 4.74 Å². The highest BCUT2D eigenvalue weighted by molar-refractivity contribution is 5.96. The summed E-state index contributed by atoms with van der Waals surface area (Å²) in [4.78, 5) is 24.9. The van der Waals surface area contributed by atoms with Gasteiger partial charge in [0.15, 0.2) is 0 Å². The van der Waals surface area contributed by atoms with Crippen LogP contribution in [0, 0.1) is 5.82 Å². The first-order chi connectivity index (χ1) is 13.6. The van der Waals surface area contributed by atoms with Crippen molar-refractivity contribution in [2.45, 2.75) is 0 Å². The Morgan fingerprint density at radius 3 is 2.39 bits per heavy atom. The summed E-state index contributed by atoms with van der Waals surface area (Å²) >= 11 is 0. The first-order valence-corrected chi connectivity index (χ1v) is 8.55. The van der Waals surface area contributed by atoms with Crippen LogP contribution in [0.1, 0.15) is 10.4 Å². The summed E-state index contributed by atoms with van der Waals surface area (Å²) in [6, 6.07) is 19.5. The van der Waals surface area contributed by atoms with E-state index in [1.807, 2.05) is 6.07 Å². The highest BCUT2D eigenvalue weighted by atomic mass is 19.1. The quantitative estimate of drug-likeness (QED) is 0.509. The second-order valence-corrected chi connectivity index (χ2v) is 6.16. The first-order valence-electron chi connectivity index (χ1n) is 8.55. The fraction of sp³-hybridized carbons (Fsp3) is 0.0455. The topological polar surface area (TPSA) is 61.2 Å². The molecule has 0 aliphatic carbocycles. The molecule has 138 valence electrons. The molecule has 0 saturated carbocycles. The minimum Gasteiger partial charge on any atom is -0.465 e. The summed E-state index contributed by atoms with van der Waals surface area (Å²) in [5.74, 6) is -0.860. The molecule has 0 radical (unpaired) electrons. The fourth-order valence-corrected chi connectivity index (χ4v) is 3.07. The lowest BCUT2D eigenvalue weighted by Crippen LogP contribution is -2.22. The number of benzene rings is 3. The minimum absolute atomic E-state index is 0.310. The lowest BCUT2D eigenvalue weighted by Gasteiger charge is -2.12. The number of aromatic nitrogens is 2. The van der Waals surface area contributed by atoms with Gasteiger partial charge in [-0.1, -0.05) is 30.3 Å². The van der Waals surface area contributed by atoms with E-state index >= 15 is 0 Å². The Morgan fingerprint density at radius 1 is 0.964 bits per heavy atom. The molecular formula is C22H15FN2O3. The van der Waals surface area contributed by atoms with Gasteiger partial charge in [0.05, 0.1) is 29.4 Å². The van der Waals surface area contributed by atoms with Crippen LogP contribution in [0.25, 0.3) is 27.7 Å². The molecule has 0 fully saturated rings. The largest absolute Gasteiger partial charge is 0.465 e. The van der Waals surface area contributed by atoms with E-state index in [0.29, 0.717) is 33.3 Å². The lowest BCUT2D eigenvalue weighted by molar-refractivity contribution is 0.0601. The Balaban J connectivity index is 2.01. The van der Waals surface area contributed by atoms with Gasteiger partial charge in [0.2, 0.25) is 0 Å². The van der Waals surface area contributed by atoms with Gasteiger partial charge in [0, 0.05) is 10.9 Å². The second-order valence-electron chi connectivity index (χ2n) is 6.16. The maximum Gasteiger partial charge on any atom is 0.337 e. The predicted molar refractivity (Wildman–Crippen MR) is 104 cm³/mol. The van der Waals surface area contributed by atoms with Gasteiger partial charge in [-0.05, 0) is 42.5 Å². The van der Waals surface area contributed by atoms with Gasteiger partial charge in [-0.15, -0.1) is 0 Å². The van der Waals surface area contributed by atoms with Crippen molar-refractivity contribution in [1.29, 1.82) is 0 Å². The number of hydrogen-bond donors (Lipinski definition) is 0.